The van der Waals surface area contributed by atoms with E-state index in [1.165, 1.54) is 11.1 Å². The first kappa shape index (κ1) is 20.7. The lowest BCUT2D eigenvalue weighted by Gasteiger charge is -2.19. The van der Waals surface area contributed by atoms with E-state index < -0.39 is 0 Å². The molecule has 0 aliphatic heterocycles. The van der Waals surface area contributed by atoms with Crippen LogP contribution in [0.25, 0.3) is 0 Å². The van der Waals surface area contributed by atoms with Gasteiger partial charge in [-0.2, -0.15) is 0 Å². The topological polar surface area (TPSA) is 57.0 Å². The van der Waals surface area contributed by atoms with Crippen LogP contribution in [0.2, 0.25) is 0 Å². The van der Waals surface area contributed by atoms with Crippen LogP contribution in [0.1, 0.15) is 56.1 Å². The summed E-state index contributed by atoms with van der Waals surface area (Å²) in [6.07, 6.45) is 3.54. The summed E-state index contributed by atoms with van der Waals surface area (Å²) in [4.78, 5) is 12.2. The number of hydrogen-bond acceptors (Lipinski definition) is 5. The number of benzene rings is 2. The zero-order chi connectivity index (χ0) is 20.9. The van der Waals surface area contributed by atoms with E-state index in [9.17, 15) is 4.79 Å². The van der Waals surface area contributed by atoms with Crippen LogP contribution in [0.5, 0.6) is 5.75 Å². The zero-order valence-electron chi connectivity index (χ0n) is 17.5. The summed E-state index contributed by atoms with van der Waals surface area (Å²) in [5.41, 5.74) is 2.45. The average molecular weight is 422 g/mol. The standard InChI is InChI=1S/C24H27N3O2S/c1-3-18-12-14-20(15-13-18)29-16-23-25-26-24(30-22-11-7-10-21(22)28)27(23)17(2)19-8-5-4-6-9-19/h4-6,8-9,12-15,17,22H,3,7,10-11,16H2,1-2H3/t17-,22-/m0/s1. The Morgan fingerprint density at radius 1 is 1.13 bits per heavy atom. The van der Waals surface area contributed by atoms with Gasteiger partial charge in [0, 0.05) is 6.42 Å². The van der Waals surface area contributed by atoms with Gasteiger partial charge >= 0.3 is 0 Å². The summed E-state index contributed by atoms with van der Waals surface area (Å²) >= 11 is 1.54. The molecule has 1 fully saturated rings. The number of hydrogen-bond donors (Lipinski definition) is 0. The van der Waals surface area contributed by atoms with Crippen molar-refractivity contribution in [1.82, 2.24) is 14.8 Å². The van der Waals surface area contributed by atoms with Crippen LogP contribution in [0, 0.1) is 0 Å². The van der Waals surface area contributed by atoms with Gasteiger partial charge in [0.1, 0.15) is 18.1 Å². The van der Waals surface area contributed by atoms with Gasteiger partial charge in [-0.25, -0.2) is 0 Å². The number of carbonyl (C=O) groups excluding carboxylic acids is 1. The second-order valence-electron chi connectivity index (χ2n) is 7.61. The molecule has 156 valence electrons. The Labute approximate surface area is 181 Å². The zero-order valence-corrected chi connectivity index (χ0v) is 18.3. The highest BCUT2D eigenvalue weighted by atomic mass is 32.2. The molecule has 1 aromatic heterocycles. The first-order valence-corrected chi connectivity index (χ1v) is 11.4. The molecule has 30 heavy (non-hydrogen) atoms. The minimum Gasteiger partial charge on any atom is -0.486 e. The third kappa shape index (κ3) is 4.59. The summed E-state index contributed by atoms with van der Waals surface area (Å²) in [7, 11) is 0. The highest BCUT2D eigenvalue weighted by Crippen LogP contribution is 2.34. The van der Waals surface area contributed by atoms with Crippen LogP contribution < -0.4 is 4.74 Å². The van der Waals surface area contributed by atoms with Crippen molar-refractivity contribution in [3.63, 3.8) is 0 Å². The van der Waals surface area contributed by atoms with Crippen molar-refractivity contribution in [2.45, 2.75) is 62.6 Å². The third-order valence-electron chi connectivity index (χ3n) is 5.60. The Kier molecular flexibility index (Phi) is 6.53. The van der Waals surface area contributed by atoms with Crippen molar-refractivity contribution >= 4 is 17.5 Å². The van der Waals surface area contributed by atoms with Gasteiger partial charge in [-0.1, -0.05) is 61.2 Å². The second kappa shape index (κ2) is 9.47. The molecule has 0 bridgehead atoms. The van der Waals surface area contributed by atoms with Crippen LogP contribution in [-0.4, -0.2) is 25.8 Å². The SMILES string of the molecule is CCc1ccc(OCc2nnc(S[C@H]3CCCC3=O)n2[C@@H](C)c2ccccc2)cc1. The molecule has 1 heterocycles. The van der Waals surface area contributed by atoms with Gasteiger partial charge in [0.05, 0.1) is 11.3 Å². The number of rotatable bonds is 8. The molecule has 1 aliphatic carbocycles. The number of Topliss-reactive ketones (excluding diaryl/α,β-unsaturated/α-hetero) is 1. The first-order chi connectivity index (χ1) is 14.7. The molecule has 0 amide bonds. The van der Waals surface area contributed by atoms with Gasteiger partial charge in [0.25, 0.3) is 0 Å². The molecule has 0 saturated heterocycles. The molecule has 5 nitrogen and oxygen atoms in total. The predicted molar refractivity (Wildman–Crippen MR) is 119 cm³/mol. The molecule has 0 unspecified atom stereocenters. The van der Waals surface area contributed by atoms with Crippen LogP contribution in [0.15, 0.2) is 59.8 Å². The van der Waals surface area contributed by atoms with Crippen molar-refractivity contribution in [3.8, 4) is 5.75 Å². The van der Waals surface area contributed by atoms with Gasteiger partial charge in [-0.15, -0.1) is 10.2 Å². The number of ketones is 1. The molecular formula is C24H27N3O2S. The van der Waals surface area contributed by atoms with Crippen molar-refractivity contribution in [1.29, 1.82) is 0 Å². The number of ether oxygens (including phenoxy) is 1. The maximum atomic E-state index is 12.2. The Hall–Kier alpha value is -2.60. The second-order valence-corrected chi connectivity index (χ2v) is 8.78. The summed E-state index contributed by atoms with van der Waals surface area (Å²) in [6.45, 7) is 4.60. The van der Waals surface area contributed by atoms with Crippen molar-refractivity contribution < 1.29 is 9.53 Å². The van der Waals surface area contributed by atoms with E-state index in [0.717, 1.165) is 36.0 Å². The average Bonchev–Trinajstić information content (AvgIpc) is 3.38. The van der Waals surface area contributed by atoms with E-state index in [4.69, 9.17) is 4.74 Å². The maximum Gasteiger partial charge on any atom is 0.192 e. The van der Waals surface area contributed by atoms with Gasteiger partial charge in [-0.3, -0.25) is 9.36 Å². The summed E-state index contributed by atoms with van der Waals surface area (Å²) in [6, 6.07) is 18.5. The van der Waals surface area contributed by atoms with E-state index in [-0.39, 0.29) is 11.3 Å². The van der Waals surface area contributed by atoms with Gasteiger partial charge in [0.2, 0.25) is 0 Å². The Morgan fingerprint density at radius 3 is 2.57 bits per heavy atom. The largest absolute Gasteiger partial charge is 0.486 e. The van der Waals surface area contributed by atoms with Gasteiger partial charge in [-0.05, 0) is 49.4 Å². The predicted octanol–water partition coefficient (Wildman–Crippen LogP) is 5.24. The number of aryl methyl sites for hydroxylation is 1. The Bertz CT molecular complexity index is 985. The highest BCUT2D eigenvalue weighted by Gasteiger charge is 2.29. The van der Waals surface area contributed by atoms with E-state index in [2.05, 4.69) is 52.9 Å². The van der Waals surface area contributed by atoms with Gasteiger partial charge in [0.15, 0.2) is 11.0 Å². The van der Waals surface area contributed by atoms with Crippen molar-refractivity contribution in [2.75, 3.05) is 0 Å². The molecule has 4 rings (SSSR count). The lowest BCUT2D eigenvalue weighted by atomic mass is 10.1. The fourth-order valence-electron chi connectivity index (χ4n) is 3.76. The maximum absolute atomic E-state index is 12.2. The fourth-order valence-corrected chi connectivity index (χ4v) is 5.01. The van der Waals surface area contributed by atoms with E-state index in [1.807, 2.05) is 30.3 Å². The van der Waals surface area contributed by atoms with Crippen molar-refractivity contribution in [2.24, 2.45) is 0 Å². The smallest absolute Gasteiger partial charge is 0.192 e. The Balaban J connectivity index is 1.59. The number of aromatic nitrogens is 3. The number of carbonyl (C=O) groups is 1. The molecule has 2 atom stereocenters. The van der Waals surface area contributed by atoms with Crippen LogP contribution in [0.3, 0.4) is 0 Å². The van der Waals surface area contributed by atoms with E-state index in [1.54, 1.807) is 11.8 Å². The van der Waals surface area contributed by atoms with Crippen LogP contribution >= 0.6 is 11.8 Å². The lowest BCUT2D eigenvalue weighted by Crippen LogP contribution is -2.16. The molecular weight excluding hydrogens is 394 g/mol. The number of nitrogens with zero attached hydrogens (tertiary/aromatic N) is 3. The summed E-state index contributed by atoms with van der Waals surface area (Å²) in [5, 5.41) is 9.64. The van der Waals surface area contributed by atoms with E-state index in [0.29, 0.717) is 18.8 Å². The summed E-state index contributed by atoms with van der Waals surface area (Å²) in [5.74, 6) is 1.89. The normalized spacial score (nSPS) is 17.3. The minimum absolute atomic E-state index is 0.0220. The monoisotopic (exact) mass is 421 g/mol. The fraction of sp³-hybridized carbons (Fsp3) is 0.375. The van der Waals surface area contributed by atoms with Crippen LogP contribution in [0.4, 0.5) is 0 Å². The molecule has 0 N–H and O–H groups in total. The van der Waals surface area contributed by atoms with Gasteiger partial charge < -0.3 is 4.74 Å². The molecule has 1 aliphatic rings. The van der Waals surface area contributed by atoms with E-state index >= 15 is 0 Å². The molecule has 1 saturated carbocycles. The van der Waals surface area contributed by atoms with Crippen molar-refractivity contribution in [3.05, 3.63) is 71.5 Å². The Morgan fingerprint density at radius 2 is 1.90 bits per heavy atom. The molecule has 0 radical (unpaired) electrons. The minimum atomic E-state index is -0.0220. The first-order valence-electron chi connectivity index (χ1n) is 10.6. The molecule has 2 aromatic carbocycles. The molecule has 3 aromatic rings. The molecule has 6 heteroatoms. The lowest BCUT2D eigenvalue weighted by molar-refractivity contribution is -0.116. The van der Waals surface area contributed by atoms with Crippen LogP contribution in [-0.2, 0) is 17.8 Å². The quantitative estimate of drug-likeness (QED) is 0.498. The third-order valence-corrected chi connectivity index (χ3v) is 6.87. The molecule has 0 spiro atoms. The summed E-state index contributed by atoms with van der Waals surface area (Å²) < 4.78 is 8.14. The number of thioether (sulfide) groups is 1. The highest BCUT2D eigenvalue weighted by molar-refractivity contribution is 8.00.